The number of thioether (sulfide) groups is 2. The summed E-state index contributed by atoms with van der Waals surface area (Å²) in [5.41, 5.74) is 5.39. The summed E-state index contributed by atoms with van der Waals surface area (Å²) >= 11 is 7.85. The van der Waals surface area contributed by atoms with Gasteiger partial charge in [0.2, 0.25) is 0 Å². The van der Waals surface area contributed by atoms with Crippen LogP contribution in [-0.2, 0) is 13.0 Å². The molecule has 0 aromatic carbocycles. The molecule has 0 spiro atoms. The van der Waals surface area contributed by atoms with Crippen LogP contribution in [0, 0.1) is 6.92 Å². The maximum absolute atomic E-state index is 5.90. The predicted molar refractivity (Wildman–Crippen MR) is 97.9 cm³/mol. The summed E-state index contributed by atoms with van der Waals surface area (Å²) in [4.78, 5) is 0. The topological polar surface area (TPSA) is 55.9 Å². The van der Waals surface area contributed by atoms with Gasteiger partial charge in [0.05, 0.1) is 15.9 Å². The van der Waals surface area contributed by atoms with Gasteiger partial charge >= 0.3 is 0 Å². The van der Waals surface area contributed by atoms with E-state index in [2.05, 4.69) is 68.5 Å². The van der Waals surface area contributed by atoms with E-state index in [0.717, 1.165) is 23.1 Å². The number of hydrazine groups is 1. The fourth-order valence-corrected chi connectivity index (χ4v) is 6.54. The molecule has 1 saturated heterocycles. The Balaban J connectivity index is 2.18. The number of nitrogens with zero attached hydrogens (tertiary/aromatic N) is 2. The first-order chi connectivity index (χ1) is 10.1. The lowest BCUT2D eigenvalue weighted by atomic mass is 10.0. The van der Waals surface area contributed by atoms with E-state index in [4.69, 9.17) is 5.84 Å². The Kier molecular flexibility index (Phi) is 6.93. The summed E-state index contributed by atoms with van der Waals surface area (Å²) < 4.78 is 3.22. The van der Waals surface area contributed by atoms with Crippen molar-refractivity contribution in [2.45, 2.75) is 56.7 Å². The van der Waals surface area contributed by atoms with E-state index in [1.807, 2.05) is 6.92 Å². The van der Waals surface area contributed by atoms with Crippen molar-refractivity contribution < 1.29 is 0 Å². The molecule has 120 valence electrons. The Bertz CT molecular complexity index is 466. The van der Waals surface area contributed by atoms with Gasteiger partial charge in [0.15, 0.2) is 0 Å². The molecule has 1 aromatic heterocycles. The van der Waals surface area contributed by atoms with Gasteiger partial charge in [-0.15, -0.1) is 0 Å². The smallest absolute Gasteiger partial charge is 0.0738 e. The summed E-state index contributed by atoms with van der Waals surface area (Å²) in [5.74, 6) is 8.38. The van der Waals surface area contributed by atoms with Gasteiger partial charge in [0.25, 0.3) is 0 Å². The molecule has 3 N–H and O–H groups in total. The fourth-order valence-electron chi connectivity index (χ4n) is 2.85. The predicted octanol–water partition coefficient (Wildman–Crippen LogP) is 2.98. The van der Waals surface area contributed by atoms with Gasteiger partial charge in [-0.05, 0) is 36.2 Å². The van der Waals surface area contributed by atoms with Crippen molar-refractivity contribution in [1.82, 2.24) is 15.2 Å². The third kappa shape index (κ3) is 3.99. The molecule has 0 aliphatic carbocycles. The minimum absolute atomic E-state index is 0.283. The number of hydrogen-bond donors (Lipinski definition) is 2. The monoisotopic (exact) mass is 392 g/mol. The lowest BCUT2D eigenvalue weighted by Gasteiger charge is -2.35. The van der Waals surface area contributed by atoms with E-state index in [1.165, 1.54) is 23.6 Å². The van der Waals surface area contributed by atoms with E-state index in [9.17, 15) is 0 Å². The van der Waals surface area contributed by atoms with Gasteiger partial charge in [0, 0.05) is 41.0 Å². The molecule has 2 heterocycles. The molecular formula is C14H25BrN4S2. The largest absolute Gasteiger partial charge is 0.271 e. The third-order valence-electron chi connectivity index (χ3n) is 3.97. The van der Waals surface area contributed by atoms with Gasteiger partial charge in [-0.2, -0.15) is 28.6 Å². The Morgan fingerprint density at radius 2 is 2.14 bits per heavy atom. The standard InChI is InChI=1S/C14H25BrN4S2/c1-4-12-14(21-7-6-20-12)10(17-16)8-11-13(15)9(3)18-19(11)5-2/h10,12,14,17H,4-8,16H2,1-3H3. The van der Waals surface area contributed by atoms with Crippen LogP contribution >= 0.6 is 39.5 Å². The highest BCUT2D eigenvalue weighted by Gasteiger charge is 2.32. The van der Waals surface area contributed by atoms with E-state index >= 15 is 0 Å². The lowest BCUT2D eigenvalue weighted by molar-refractivity contribution is 0.470. The normalized spacial score (nSPS) is 24.2. The molecule has 1 aliphatic rings. The van der Waals surface area contributed by atoms with Gasteiger partial charge in [0.1, 0.15) is 0 Å². The zero-order chi connectivity index (χ0) is 15.4. The van der Waals surface area contributed by atoms with Crippen LogP contribution in [0.5, 0.6) is 0 Å². The van der Waals surface area contributed by atoms with Crippen LogP contribution in [0.4, 0.5) is 0 Å². The minimum atomic E-state index is 0.283. The number of aryl methyl sites for hydroxylation is 2. The van der Waals surface area contributed by atoms with Crippen LogP contribution in [0.1, 0.15) is 31.7 Å². The van der Waals surface area contributed by atoms with E-state index in [1.54, 1.807) is 0 Å². The molecular weight excluding hydrogens is 368 g/mol. The van der Waals surface area contributed by atoms with Crippen molar-refractivity contribution >= 4 is 39.5 Å². The van der Waals surface area contributed by atoms with Gasteiger partial charge in [-0.25, -0.2) is 0 Å². The van der Waals surface area contributed by atoms with Crippen molar-refractivity contribution in [1.29, 1.82) is 0 Å². The zero-order valence-electron chi connectivity index (χ0n) is 12.9. The van der Waals surface area contributed by atoms with Crippen LogP contribution in [0.2, 0.25) is 0 Å². The zero-order valence-corrected chi connectivity index (χ0v) is 16.2. The van der Waals surface area contributed by atoms with Crippen LogP contribution in [-0.4, -0.2) is 37.8 Å². The molecule has 3 unspecified atom stereocenters. The van der Waals surface area contributed by atoms with E-state index in [0.29, 0.717) is 10.5 Å². The average molecular weight is 393 g/mol. The van der Waals surface area contributed by atoms with Gasteiger partial charge in [-0.3, -0.25) is 16.0 Å². The van der Waals surface area contributed by atoms with Crippen molar-refractivity contribution in [2.24, 2.45) is 5.84 Å². The number of nitrogens with one attached hydrogen (secondary N) is 1. The summed E-state index contributed by atoms with van der Waals surface area (Å²) in [6, 6.07) is 0.283. The lowest BCUT2D eigenvalue weighted by Crippen LogP contribution is -2.49. The number of hydrogen-bond acceptors (Lipinski definition) is 5. The molecule has 1 aliphatic heterocycles. The first kappa shape index (κ1) is 17.7. The van der Waals surface area contributed by atoms with E-state index < -0.39 is 0 Å². The van der Waals surface area contributed by atoms with Gasteiger partial charge < -0.3 is 0 Å². The maximum Gasteiger partial charge on any atom is 0.0738 e. The highest BCUT2D eigenvalue weighted by Crippen LogP contribution is 2.36. The summed E-state index contributed by atoms with van der Waals surface area (Å²) in [5, 5.41) is 5.83. The molecule has 0 bridgehead atoms. The average Bonchev–Trinajstić information content (AvgIpc) is 2.79. The number of rotatable bonds is 6. The molecule has 1 fully saturated rings. The second-order valence-corrected chi connectivity index (χ2v) is 8.72. The fraction of sp³-hybridized carbons (Fsp3) is 0.786. The molecule has 7 heteroatoms. The van der Waals surface area contributed by atoms with Gasteiger partial charge in [-0.1, -0.05) is 6.92 Å². The van der Waals surface area contributed by atoms with Crippen molar-refractivity contribution in [2.75, 3.05) is 11.5 Å². The van der Waals surface area contributed by atoms with Crippen LogP contribution in [0.3, 0.4) is 0 Å². The summed E-state index contributed by atoms with van der Waals surface area (Å²) in [6.07, 6.45) is 2.12. The molecule has 21 heavy (non-hydrogen) atoms. The molecule has 3 atom stereocenters. The van der Waals surface area contributed by atoms with E-state index in [-0.39, 0.29) is 6.04 Å². The molecule has 1 aromatic rings. The van der Waals surface area contributed by atoms with Crippen molar-refractivity contribution in [3.63, 3.8) is 0 Å². The SMILES string of the molecule is CCC1SCCSC1C(Cc1c(Br)c(C)nn1CC)NN. The Morgan fingerprint density at radius 3 is 2.76 bits per heavy atom. The highest BCUT2D eigenvalue weighted by molar-refractivity contribution is 9.10. The molecule has 4 nitrogen and oxygen atoms in total. The Labute approximate surface area is 144 Å². The minimum Gasteiger partial charge on any atom is -0.271 e. The Hall–Kier alpha value is 0.310. The first-order valence-corrected chi connectivity index (χ1v) is 10.4. The molecule has 2 rings (SSSR count). The van der Waals surface area contributed by atoms with Crippen molar-refractivity contribution in [3.8, 4) is 0 Å². The third-order valence-corrected chi connectivity index (χ3v) is 8.41. The van der Waals surface area contributed by atoms with Crippen LogP contribution < -0.4 is 11.3 Å². The molecule has 0 saturated carbocycles. The highest BCUT2D eigenvalue weighted by atomic mass is 79.9. The molecule has 0 radical (unpaired) electrons. The quantitative estimate of drug-likeness (QED) is 0.575. The van der Waals surface area contributed by atoms with Crippen LogP contribution in [0.25, 0.3) is 0 Å². The summed E-state index contributed by atoms with van der Waals surface area (Å²) in [6.45, 7) is 7.35. The second-order valence-electron chi connectivity index (χ2n) is 5.29. The maximum atomic E-state index is 5.90. The number of aromatic nitrogens is 2. The van der Waals surface area contributed by atoms with Crippen molar-refractivity contribution in [3.05, 3.63) is 15.9 Å². The first-order valence-electron chi connectivity index (χ1n) is 7.53. The number of halogens is 1. The molecule has 0 amide bonds. The second kappa shape index (κ2) is 8.24. The Morgan fingerprint density at radius 1 is 1.43 bits per heavy atom. The summed E-state index contributed by atoms with van der Waals surface area (Å²) in [7, 11) is 0. The van der Waals surface area contributed by atoms with Crippen LogP contribution in [0.15, 0.2) is 4.47 Å². The number of nitrogens with two attached hydrogens (primary N) is 1.